The summed E-state index contributed by atoms with van der Waals surface area (Å²) in [5.41, 5.74) is 7.57. The molecule has 2 aromatic rings. The lowest BCUT2D eigenvalue weighted by atomic mass is 9.93. The number of nitrogens with zero attached hydrogens (tertiary/aromatic N) is 4. The van der Waals surface area contributed by atoms with Gasteiger partial charge in [-0.1, -0.05) is 6.07 Å². The Morgan fingerprint density at radius 3 is 2.77 bits per heavy atom. The van der Waals surface area contributed by atoms with Crippen LogP contribution >= 0.6 is 11.9 Å². The van der Waals surface area contributed by atoms with Gasteiger partial charge in [-0.3, -0.25) is 9.52 Å². The molecule has 2 aromatic heterocycles. The van der Waals surface area contributed by atoms with Crippen LogP contribution in [0.15, 0.2) is 52.3 Å². The maximum atomic E-state index is 15.1. The second-order valence-corrected chi connectivity index (χ2v) is 14.3. The predicted octanol–water partition coefficient (Wildman–Crippen LogP) is 5.77. The van der Waals surface area contributed by atoms with Gasteiger partial charge in [0.15, 0.2) is 11.7 Å². The standard InChI is InChI=1S/C32H40FN7O2S/c1-30(2)17-20-16-21(33)18-36-25-4-3-5-27(37-25)43-39-29(41)22-6-7-26(38-28(22)40(30)19-20)35-14-8-24(34)42-15-9-23-31(10-11-31)32(23)12-13-32/h3-8,14,20-21,23H,9-13,15-19,34H2,1-2H3,(H,36,37)(H,39,41)/b24-8+,35-14?. The first kappa shape index (κ1) is 28.4. The highest BCUT2D eigenvalue weighted by atomic mass is 32.2. The van der Waals surface area contributed by atoms with E-state index in [0.717, 1.165) is 30.7 Å². The molecule has 1 amide bonds. The van der Waals surface area contributed by atoms with E-state index in [2.05, 4.69) is 38.8 Å². The Kier molecular flexibility index (Phi) is 7.06. The minimum absolute atomic E-state index is 0.107. The summed E-state index contributed by atoms with van der Waals surface area (Å²) in [6.45, 7) is 5.64. The maximum Gasteiger partial charge on any atom is 0.265 e. The molecule has 4 bridgehead atoms. The van der Waals surface area contributed by atoms with Crippen molar-refractivity contribution in [1.82, 2.24) is 14.7 Å². The fourth-order valence-corrected chi connectivity index (χ4v) is 8.68. The molecule has 4 heterocycles. The first-order chi connectivity index (χ1) is 20.7. The highest BCUT2D eigenvalue weighted by molar-refractivity contribution is 7.97. The third-order valence-corrected chi connectivity index (χ3v) is 11.1. The molecule has 5 aliphatic rings. The fourth-order valence-electron chi connectivity index (χ4n) is 8.08. The van der Waals surface area contributed by atoms with Crippen molar-refractivity contribution < 1.29 is 13.9 Å². The molecule has 3 saturated carbocycles. The Morgan fingerprint density at radius 1 is 1.21 bits per heavy atom. The number of hydrogen-bond donors (Lipinski definition) is 3. The first-order valence-electron chi connectivity index (χ1n) is 15.4. The third kappa shape index (κ3) is 5.45. The van der Waals surface area contributed by atoms with E-state index in [9.17, 15) is 4.79 Å². The fraction of sp³-hybridized carbons (Fsp3) is 0.562. The van der Waals surface area contributed by atoms with Crippen molar-refractivity contribution in [2.24, 2.45) is 33.4 Å². The summed E-state index contributed by atoms with van der Waals surface area (Å²) in [6, 6.07) is 8.90. The number of carbonyl (C=O) groups excluding carboxylic acids is 1. The minimum Gasteiger partial charge on any atom is -0.479 e. The zero-order chi connectivity index (χ0) is 29.8. The third-order valence-electron chi connectivity index (χ3n) is 10.3. The SMILES string of the molecule is CC1(C)CC2CC(F)CNc3cccc(n3)SNC(=O)c3ccc(N=C/C=C(\N)OCCC4C5(CC5)C45CC5)nc3N1C2. The molecular weight excluding hydrogens is 565 g/mol. The number of ether oxygens (including phenoxy) is 1. The molecule has 43 heavy (non-hydrogen) atoms. The number of nitrogens with two attached hydrogens (primary N) is 1. The quantitative estimate of drug-likeness (QED) is 0.216. The molecule has 228 valence electrons. The number of amides is 1. The Morgan fingerprint density at radius 2 is 2.00 bits per heavy atom. The summed E-state index contributed by atoms with van der Waals surface area (Å²) < 4.78 is 23.8. The highest BCUT2D eigenvalue weighted by Gasteiger charge is 2.85. The van der Waals surface area contributed by atoms with Crippen LogP contribution in [-0.4, -0.2) is 53.5 Å². The number of pyridine rings is 2. The highest BCUT2D eigenvalue weighted by Crippen LogP contribution is 2.93. The molecule has 2 unspecified atom stereocenters. The van der Waals surface area contributed by atoms with Gasteiger partial charge in [-0.15, -0.1) is 0 Å². The summed E-state index contributed by atoms with van der Waals surface area (Å²) in [5.74, 6) is 2.55. The van der Waals surface area contributed by atoms with Crippen LogP contribution < -0.4 is 20.7 Å². The van der Waals surface area contributed by atoms with Crippen molar-refractivity contribution in [2.75, 3.05) is 29.9 Å². The van der Waals surface area contributed by atoms with Crippen LogP contribution in [0, 0.1) is 22.7 Å². The lowest BCUT2D eigenvalue weighted by molar-refractivity contribution is 0.0984. The molecule has 0 radical (unpaired) electrons. The van der Waals surface area contributed by atoms with Crippen molar-refractivity contribution in [3.63, 3.8) is 0 Å². The second-order valence-electron chi connectivity index (χ2n) is 13.5. The Labute approximate surface area is 256 Å². The van der Waals surface area contributed by atoms with Gasteiger partial charge in [0.2, 0.25) is 0 Å². The lowest BCUT2D eigenvalue weighted by Crippen LogP contribution is -2.40. The van der Waals surface area contributed by atoms with E-state index < -0.39 is 6.17 Å². The molecule has 3 aliphatic carbocycles. The molecule has 4 fully saturated rings. The van der Waals surface area contributed by atoms with E-state index >= 15 is 4.39 Å². The number of aliphatic imine (C=N–C) groups is 1. The summed E-state index contributed by atoms with van der Waals surface area (Å²) in [6.07, 6.45) is 10.1. The van der Waals surface area contributed by atoms with E-state index in [-0.39, 0.29) is 23.9 Å². The average molecular weight is 606 g/mol. The van der Waals surface area contributed by atoms with E-state index in [1.54, 1.807) is 36.6 Å². The molecule has 1 saturated heterocycles. The van der Waals surface area contributed by atoms with Gasteiger partial charge in [0.05, 0.1) is 12.2 Å². The summed E-state index contributed by atoms with van der Waals surface area (Å²) in [4.78, 5) is 29.4. The smallest absolute Gasteiger partial charge is 0.265 e. The van der Waals surface area contributed by atoms with Crippen LogP contribution in [0.1, 0.15) is 69.2 Å². The van der Waals surface area contributed by atoms with Crippen LogP contribution in [0.4, 0.5) is 21.8 Å². The van der Waals surface area contributed by atoms with Gasteiger partial charge in [-0.25, -0.2) is 19.4 Å². The number of allylic oxidation sites excluding steroid dienone is 1. The van der Waals surface area contributed by atoms with E-state index in [4.69, 9.17) is 15.5 Å². The molecule has 2 aliphatic heterocycles. The van der Waals surface area contributed by atoms with Gasteiger partial charge in [0.25, 0.3) is 5.91 Å². The maximum absolute atomic E-state index is 15.1. The van der Waals surface area contributed by atoms with Crippen molar-refractivity contribution in [1.29, 1.82) is 0 Å². The summed E-state index contributed by atoms with van der Waals surface area (Å²) in [5, 5.41) is 3.70. The molecule has 11 heteroatoms. The minimum atomic E-state index is -1.03. The zero-order valence-electron chi connectivity index (χ0n) is 24.8. The second kappa shape index (κ2) is 10.7. The number of anilines is 2. The van der Waals surface area contributed by atoms with Crippen LogP contribution in [0.25, 0.3) is 0 Å². The Balaban J connectivity index is 1.08. The van der Waals surface area contributed by atoms with Crippen LogP contribution in [0.3, 0.4) is 0 Å². The summed E-state index contributed by atoms with van der Waals surface area (Å²) in [7, 11) is 0. The number of halogens is 1. The molecule has 0 aromatic carbocycles. The number of alkyl halides is 1. The van der Waals surface area contributed by atoms with Gasteiger partial charge in [-0.2, -0.15) is 0 Å². The van der Waals surface area contributed by atoms with Crippen molar-refractivity contribution in [3.8, 4) is 0 Å². The zero-order valence-corrected chi connectivity index (χ0v) is 25.6. The van der Waals surface area contributed by atoms with Gasteiger partial charge in [0, 0.05) is 42.9 Å². The van der Waals surface area contributed by atoms with Gasteiger partial charge in [0.1, 0.15) is 22.8 Å². The molecule has 9 nitrogen and oxygen atoms in total. The molecular formula is C32H40FN7O2S. The first-order valence-corrected chi connectivity index (χ1v) is 16.2. The van der Waals surface area contributed by atoms with E-state index in [0.29, 0.717) is 64.3 Å². The lowest BCUT2D eigenvalue weighted by Gasteiger charge is -2.33. The largest absolute Gasteiger partial charge is 0.479 e. The van der Waals surface area contributed by atoms with Gasteiger partial charge in [-0.05, 0) is 106 Å². The molecule has 4 N–H and O–H groups in total. The van der Waals surface area contributed by atoms with Crippen molar-refractivity contribution in [2.45, 2.75) is 75.5 Å². The topological polar surface area (TPSA) is 118 Å². The summed E-state index contributed by atoms with van der Waals surface area (Å²) >= 11 is 1.12. The number of rotatable bonds is 6. The number of nitrogens with one attached hydrogen (secondary N) is 2. The number of carbonyl (C=O) groups is 1. The Hall–Kier alpha value is -3.34. The van der Waals surface area contributed by atoms with Crippen LogP contribution in [0.5, 0.6) is 0 Å². The monoisotopic (exact) mass is 605 g/mol. The molecule has 2 atom stereocenters. The number of fused-ring (bicyclic) bond motifs is 7. The van der Waals surface area contributed by atoms with Crippen LogP contribution in [-0.2, 0) is 4.74 Å². The normalized spacial score (nSPS) is 26.8. The van der Waals surface area contributed by atoms with Crippen LogP contribution in [0.2, 0.25) is 0 Å². The average Bonchev–Trinajstić information content (AvgIpc) is 3.92. The molecule has 2 spiro atoms. The van der Waals surface area contributed by atoms with E-state index in [1.807, 2.05) is 6.07 Å². The predicted molar refractivity (Wildman–Crippen MR) is 167 cm³/mol. The number of hydrogen-bond acceptors (Lipinski definition) is 9. The Bertz CT molecular complexity index is 1450. The molecule has 7 rings (SSSR count). The van der Waals surface area contributed by atoms with Crippen molar-refractivity contribution >= 4 is 41.5 Å². The van der Waals surface area contributed by atoms with Gasteiger partial charge >= 0.3 is 0 Å². The number of aromatic nitrogens is 2. The van der Waals surface area contributed by atoms with Crippen molar-refractivity contribution in [3.05, 3.63) is 47.9 Å². The van der Waals surface area contributed by atoms with E-state index in [1.165, 1.54) is 25.7 Å². The van der Waals surface area contributed by atoms with Gasteiger partial charge < -0.3 is 20.7 Å².